The Kier molecular flexibility index (Phi) is 6.68. The lowest BCUT2D eigenvalue weighted by atomic mass is 9.78. The molecule has 0 amide bonds. The molecule has 3 nitrogen and oxygen atoms in total. The Bertz CT molecular complexity index is 3000. The highest BCUT2D eigenvalue weighted by molar-refractivity contribution is 6.20. The molecule has 2 aromatic heterocycles. The van der Waals surface area contributed by atoms with Gasteiger partial charge in [-0.05, 0) is 67.7 Å². The van der Waals surface area contributed by atoms with Gasteiger partial charge in [-0.15, -0.1) is 0 Å². The van der Waals surface area contributed by atoms with E-state index in [4.69, 9.17) is 14.4 Å². The lowest BCUT2D eigenvalue weighted by molar-refractivity contribution is 0.578. The second-order valence-electron chi connectivity index (χ2n) is 14.1. The summed E-state index contributed by atoms with van der Waals surface area (Å²) in [7, 11) is 0. The van der Waals surface area contributed by atoms with Crippen LogP contribution in [0.5, 0.6) is 0 Å². The molecule has 2 aliphatic rings. The fraction of sp³-hybridized carbons (Fsp3) is 0.0400. The summed E-state index contributed by atoms with van der Waals surface area (Å²) in [5.74, 6) is 2.28. The Morgan fingerprint density at radius 2 is 1.15 bits per heavy atom. The fourth-order valence-electron chi connectivity index (χ4n) is 8.46. The van der Waals surface area contributed by atoms with Gasteiger partial charge in [-0.2, -0.15) is 0 Å². The maximum absolute atomic E-state index is 6.48. The lowest BCUT2D eigenvalue weighted by Crippen LogP contribution is -2.12. The van der Waals surface area contributed by atoms with Crippen LogP contribution in [0.15, 0.2) is 180 Å². The smallest absolute Gasteiger partial charge is 0.160 e. The van der Waals surface area contributed by atoms with Gasteiger partial charge in [0.25, 0.3) is 0 Å². The molecule has 3 heteroatoms. The number of aromatic nitrogens is 2. The van der Waals surface area contributed by atoms with Crippen molar-refractivity contribution in [2.24, 2.45) is 5.92 Å². The molecule has 0 spiro atoms. The molecule has 0 saturated heterocycles. The molecule has 2 unspecified atom stereocenters. The van der Waals surface area contributed by atoms with Crippen LogP contribution in [0.3, 0.4) is 0 Å². The third kappa shape index (κ3) is 4.89. The Morgan fingerprint density at radius 1 is 0.453 bits per heavy atom. The average molecular weight is 677 g/mol. The van der Waals surface area contributed by atoms with Crippen molar-refractivity contribution in [2.45, 2.75) is 5.92 Å². The van der Waals surface area contributed by atoms with Gasteiger partial charge in [0.15, 0.2) is 5.82 Å². The summed E-state index contributed by atoms with van der Waals surface area (Å²) in [5, 5.41) is 8.66. The topological polar surface area (TPSA) is 38.9 Å². The molecule has 11 rings (SSSR count). The molecule has 0 saturated carbocycles. The van der Waals surface area contributed by atoms with Crippen molar-refractivity contribution < 1.29 is 4.42 Å². The zero-order valence-electron chi connectivity index (χ0n) is 28.8. The molecule has 9 aromatic rings. The van der Waals surface area contributed by atoms with E-state index in [1.165, 1.54) is 43.4 Å². The molecule has 0 N–H and O–H groups in total. The van der Waals surface area contributed by atoms with Crippen LogP contribution in [0.2, 0.25) is 0 Å². The molecule has 2 atom stereocenters. The van der Waals surface area contributed by atoms with E-state index in [1.54, 1.807) is 0 Å². The Balaban J connectivity index is 1.04. The van der Waals surface area contributed by atoms with Gasteiger partial charge in [-0.25, -0.2) is 9.97 Å². The summed E-state index contributed by atoms with van der Waals surface area (Å²) in [4.78, 5) is 10.3. The van der Waals surface area contributed by atoms with Crippen LogP contribution in [0, 0.1) is 5.92 Å². The molecule has 0 aliphatic heterocycles. The monoisotopic (exact) mass is 676 g/mol. The average Bonchev–Trinajstić information content (AvgIpc) is 3.62. The molecular weight excluding hydrogens is 645 g/mol. The van der Waals surface area contributed by atoms with E-state index in [1.807, 2.05) is 6.07 Å². The largest absolute Gasteiger partial charge is 0.456 e. The molecule has 2 heterocycles. The zero-order valence-corrected chi connectivity index (χ0v) is 28.8. The quantitative estimate of drug-likeness (QED) is 0.138. The van der Waals surface area contributed by atoms with Crippen LogP contribution < -0.4 is 0 Å². The summed E-state index contributed by atoms with van der Waals surface area (Å²) in [6.07, 6.45) is 13.2. The summed E-state index contributed by atoms with van der Waals surface area (Å²) in [6.45, 7) is 0. The van der Waals surface area contributed by atoms with Crippen molar-refractivity contribution in [1.82, 2.24) is 9.97 Å². The van der Waals surface area contributed by atoms with Crippen molar-refractivity contribution >= 4 is 49.4 Å². The molecule has 248 valence electrons. The Hall–Kier alpha value is -6.84. The minimum absolute atomic E-state index is 0.289. The van der Waals surface area contributed by atoms with E-state index in [2.05, 4.69) is 176 Å². The summed E-state index contributed by atoms with van der Waals surface area (Å²) in [6, 6.07) is 51.9. The number of rotatable bonds is 4. The third-order valence-electron chi connectivity index (χ3n) is 11.0. The maximum atomic E-state index is 6.48. The van der Waals surface area contributed by atoms with E-state index >= 15 is 0 Å². The first-order chi connectivity index (χ1) is 26.2. The van der Waals surface area contributed by atoms with E-state index in [-0.39, 0.29) is 5.92 Å². The normalized spacial score (nSPS) is 16.1. The fourth-order valence-corrected chi connectivity index (χ4v) is 8.46. The highest BCUT2D eigenvalue weighted by Crippen LogP contribution is 2.44. The second-order valence-corrected chi connectivity index (χ2v) is 14.1. The summed E-state index contributed by atoms with van der Waals surface area (Å²) >= 11 is 0. The molecular formula is C50H32N2O. The maximum Gasteiger partial charge on any atom is 0.160 e. The lowest BCUT2D eigenvalue weighted by Gasteiger charge is -2.24. The first-order valence-electron chi connectivity index (χ1n) is 18.2. The van der Waals surface area contributed by atoms with Crippen LogP contribution >= 0.6 is 0 Å². The number of furan rings is 1. The minimum Gasteiger partial charge on any atom is -0.456 e. The molecule has 2 aliphatic carbocycles. The van der Waals surface area contributed by atoms with Gasteiger partial charge in [0.05, 0.1) is 11.4 Å². The van der Waals surface area contributed by atoms with Crippen LogP contribution in [0.25, 0.3) is 94.4 Å². The Morgan fingerprint density at radius 3 is 2.02 bits per heavy atom. The van der Waals surface area contributed by atoms with E-state index in [0.29, 0.717) is 11.7 Å². The number of hydrogen-bond acceptors (Lipinski definition) is 3. The molecule has 0 bridgehead atoms. The number of fused-ring (bicyclic) bond motifs is 9. The van der Waals surface area contributed by atoms with E-state index in [9.17, 15) is 0 Å². The van der Waals surface area contributed by atoms with Gasteiger partial charge >= 0.3 is 0 Å². The van der Waals surface area contributed by atoms with Gasteiger partial charge in [-0.3, -0.25) is 0 Å². The number of benzene rings is 7. The van der Waals surface area contributed by atoms with Crippen LogP contribution in [0.1, 0.15) is 17.2 Å². The number of hydrogen-bond donors (Lipinski definition) is 0. The Labute approximate surface area is 306 Å². The molecule has 0 fully saturated rings. The number of allylic oxidation sites excluding steroid dienone is 5. The highest BCUT2D eigenvalue weighted by Gasteiger charge is 2.29. The van der Waals surface area contributed by atoms with Gasteiger partial charge < -0.3 is 4.42 Å². The van der Waals surface area contributed by atoms with Crippen LogP contribution in [-0.4, -0.2) is 9.97 Å². The van der Waals surface area contributed by atoms with Crippen molar-refractivity contribution in [2.75, 3.05) is 0 Å². The van der Waals surface area contributed by atoms with Crippen LogP contribution in [0.4, 0.5) is 0 Å². The third-order valence-corrected chi connectivity index (χ3v) is 11.0. The predicted molar refractivity (Wildman–Crippen MR) is 220 cm³/mol. The molecule has 53 heavy (non-hydrogen) atoms. The SMILES string of the molecule is C1=CC2C=Cc3oc4cc(-c5cc(-c6ccccc6)nc(-c6ccc(-c7c8ccccc8cc8c7ccc7ccccc78)cc6)n5)ccc4c3C2C=C1. The van der Waals surface area contributed by atoms with Crippen LogP contribution in [-0.2, 0) is 0 Å². The molecule has 0 radical (unpaired) electrons. The predicted octanol–water partition coefficient (Wildman–Crippen LogP) is 13.2. The standard InChI is InChI=1S/C50H32N2O/c1-2-12-33(13-3-1)44-30-45(37-23-26-42-47(29-37)53-46-27-24-32-11-5-8-16-39(32)49(42)46)52-50(51-44)35-20-18-34(19-21-35)48-40-17-9-6-14-36(40)28-43-38-15-7-4-10-31(38)22-25-41(43)48/h1-30,32,39H. The zero-order chi connectivity index (χ0) is 34.9. The van der Waals surface area contributed by atoms with Crippen molar-refractivity contribution in [3.8, 4) is 45.0 Å². The van der Waals surface area contributed by atoms with Gasteiger partial charge in [0, 0.05) is 39.5 Å². The first kappa shape index (κ1) is 29.8. The second kappa shape index (κ2) is 11.9. The van der Waals surface area contributed by atoms with Crippen molar-refractivity contribution in [3.63, 3.8) is 0 Å². The van der Waals surface area contributed by atoms with E-state index in [0.717, 1.165) is 50.4 Å². The van der Waals surface area contributed by atoms with Gasteiger partial charge in [0.1, 0.15) is 11.3 Å². The van der Waals surface area contributed by atoms with Gasteiger partial charge in [0.2, 0.25) is 0 Å². The summed E-state index contributed by atoms with van der Waals surface area (Å²) in [5.41, 5.74) is 9.29. The van der Waals surface area contributed by atoms with Crippen molar-refractivity contribution in [3.05, 3.63) is 187 Å². The highest BCUT2D eigenvalue weighted by atomic mass is 16.3. The molecule has 7 aromatic carbocycles. The van der Waals surface area contributed by atoms with E-state index < -0.39 is 0 Å². The summed E-state index contributed by atoms with van der Waals surface area (Å²) < 4.78 is 6.48. The minimum atomic E-state index is 0.289. The van der Waals surface area contributed by atoms with Crippen molar-refractivity contribution in [1.29, 1.82) is 0 Å². The van der Waals surface area contributed by atoms with Gasteiger partial charge in [-0.1, -0.05) is 158 Å². The first-order valence-corrected chi connectivity index (χ1v) is 18.2. The number of nitrogens with zero attached hydrogens (tertiary/aromatic N) is 2.